The van der Waals surface area contributed by atoms with Gasteiger partial charge in [-0.3, -0.25) is 0 Å². The molecule has 3 N–H and O–H groups in total. The second-order valence-electron chi connectivity index (χ2n) is 3.95. The van der Waals surface area contributed by atoms with E-state index < -0.39 is 5.97 Å². The number of furan rings is 1. The third-order valence-electron chi connectivity index (χ3n) is 2.52. The third kappa shape index (κ3) is 3.24. The second kappa shape index (κ2) is 5.59. The van der Waals surface area contributed by atoms with Crippen LogP contribution in [0, 0.1) is 0 Å². The smallest absolute Gasteiger partial charge is 0.371 e. The summed E-state index contributed by atoms with van der Waals surface area (Å²) in [5.74, 6) is -0.521. The predicted molar refractivity (Wildman–Crippen MR) is 75.8 cm³/mol. The summed E-state index contributed by atoms with van der Waals surface area (Å²) >= 11 is 7.47. The Balaban J connectivity index is 2.13. The first-order chi connectivity index (χ1) is 8.97. The number of hydrogen-bond donors (Lipinski definition) is 2. The van der Waals surface area contributed by atoms with Crippen LogP contribution in [0.25, 0.3) is 0 Å². The van der Waals surface area contributed by atoms with Crippen LogP contribution < -0.4 is 5.73 Å². The Morgan fingerprint density at radius 3 is 2.74 bits per heavy atom. The van der Waals surface area contributed by atoms with Gasteiger partial charge in [-0.1, -0.05) is 11.6 Å². The molecule has 0 aliphatic carbocycles. The molecule has 0 amide bonds. The van der Waals surface area contributed by atoms with Gasteiger partial charge in [-0.05, 0) is 37.3 Å². The first-order valence-corrected chi connectivity index (χ1v) is 6.78. The fraction of sp³-hybridized carbons (Fsp3) is 0.154. The van der Waals surface area contributed by atoms with E-state index in [1.165, 1.54) is 17.8 Å². The maximum absolute atomic E-state index is 10.7. The van der Waals surface area contributed by atoms with Gasteiger partial charge in [-0.25, -0.2) is 4.79 Å². The molecule has 2 rings (SSSR count). The van der Waals surface area contributed by atoms with Crippen molar-refractivity contribution in [2.75, 3.05) is 5.73 Å². The molecule has 1 aromatic carbocycles. The van der Waals surface area contributed by atoms with Crippen molar-refractivity contribution in [1.82, 2.24) is 0 Å². The Kier molecular flexibility index (Phi) is 4.07. The number of carbonyl (C=O) groups is 1. The summed E-state index contributed by atoms with van der Waals surface area (Å²) in [7, 11) is 0. The van der Waals surface area contributed by atoms with Crippen LogP contribution in [0.3, 0.4) is 0 Å². The van der Waals surface area contributed by atoms with Crippen molar-refractivity contribution in [2.45, 2.75) is 17.1 Å². The molecule has 0 aliphatic rings. The number of nitrogen functional groups attached to an aromatic ring is 1. The number of carboxylic acids is 1. The molecule has 0 aliphatic heterocycles. The largest absolute Gasteiger partial charge is 0.475 e. The van der Waals surface area contributed by atoms with E-state index in [4.69, 9.17) is 26.9 Å². The molecule has 2 aromatic rings. The van der Waals surface area contributed by atoms with E-state index in [9.17, 15) is 4.79 Å². The number of thioether (sulfide) groups is 1. The minimum atomic E-state index is -1.07. The first-order valence-electron chi connectivity index (χ1n) is 5.52. The summed E-state index contributed by atoms with van der Waals surface area (Å²) < 4.78 is 5.25. The average Bonchev–Trinajstić information content (AvgIpc) is 2.83. The van der Waals surface area contributed by atoms with Gasteiger partial charge in [0.15, 0.2) is 0 Å². The van der Waals surface area contributed by atoms with Gasteiger partial charge in [0.2, 0.25) is 5.76 Å². The maximum atomic E-state index is 10.7. The van der Waals surface area contributed by atoms with E-state index in [0.29, 0.717) is 16.5 Å². The van der Waals surface area contributed by atoms with Gasteiger partial charge in [0.1, 0.15) is 5.76 Å². The van der Waals surface area contributed by atoms with Gasteiger partial charge < -0.3 is 15.3 Å². The highest BCUT2D eigenvalue weighted by atomic mass is 35.5. The Labute approximate surface area is 119 Å². The first kappa shape index (κ1) is 13.8. The van der Waals surface area contributed by atoms with Crippen molar-refractivity contribution in [3.05, 3.63) is 46.9 Å². The lowest BCUT2D eigenvalue weighted by atomic mass is 10.3. The molecule has 1 aromatic heterocycles. The van der Waals surface area contributed by atoms with Crippen molar-refractivity contribution >= 4 is 35.0 Å². The molecule has 1 atom stereocenters. The normalized spacial score (nSPS) is 12.3. The molecule has 0 saturated heterocycles. The van der Waals surface area contributed by atoms with E-state index in [2.05, 4.69) is 0 Å². The average molecular weight is 298 g/mol. The zero-order valence-electron chi connectivity index (χ0n) is 10.1. The van der Waals surface area contributed by atoms with Crippen LogP contribution in [0.4, 0.5) is 5.69 Å². The van der Waals surface area contributed by atoms with Gasteiger partial charge in [-0.2, -0.15) is 0 Å². The molecule has 19 heavy (non-hydrogen) atoms. The van der Waals surface area contributed by atoms with Crippen LogP contribution in [0.2, 0.25) is 5.02 Å². The van der Waals surface area contributed by atoms with Crippen LogP contribution in [-0.4, -0.2) is 11.1 Å². The highest BCUT2D eigenvalue weighted by Gasteiger charge is 2.15. The van der Waals surface area contributed by atoms with Crippen LogP contribution in [0.15, 0.2) is 39.6 Å². The van der Waals surface area contributed by atoms with Crippen LogP contribution in [0.5, 0.6) is 0 Å². The SMILES string of the molecule is CC(Sc1ccc(N)c(Cl)c1)c1ccc(C(=O)O)o1. The van der Waals surface area contributed by atoms with E-state index in [0.717, 1.165) is 4.90 Å². The molecule has 1 heterocycles. The van der Waals surface area contributed by atoms with Crippen molar-refractivity contribution in [1.29, 1.82) is 0 Å². The Morgan fingerprint density at radius 1 is 1.42 bits per heavy atom. The molecular weight excluding hydrogens is 286 g/mol. The van der Waals surface area contributed by atoms with Crippen LogP contribution >= 0.6 is 23.4 Å². The highest BCUT2D eigenvalue weighted by Crippen LogP contribution is 2.37. The Bertz CT molecular complexity index is 612. The molecule has 0 saturated carbocycles. The zero-order chi connectivity index (χ0) is 14.0. The second-order valence-corrected chi connectivity index (χ2v) is 5.77. The lowest BCUT2D eigenvalue weighted by Crippen LogP contribution is -1.92. The minimum absolute atomic E-state index is 0.0206. The Morgan fingerprint density at radius 2 is 2.16 bits per heavy atom. The van der Waals surface area contributed by atoms with Crippen molar-refractivity contribution in [3.63, 3.8) is 0 Å². The van der Waals surface area contributed by atoms with Gasteiger partial charge >= 0.3 is 5.97 Å². The molecule has 100 valence electrons. The molecule has 0 fully saturated rings. The molecule has 0 radical (unpaired) electrons. The summed E-state index contributed by atoms with van der Waals surface area (Å²) in [6.07, 6.45) is 0. The molecule has 4 nitrogen and oxygen atoms in total. The van der Waals surface area contributed by atoms with E-state index in [1.54, 1.807) is 18.2 Å². The minimum Gasteiger partial charge on any atom is -0.475 e. The number of rotatable bonds is 4. The maximum Gasteiger partial charge on any atom is 0.371 e. The molecule has 0 spiro atoms. The lowest BCUT2D eigenvalue weighted by molar-refractivity contribution is 0.0660. The van der Waals surface area contributed by atoms with Gasteiger partial charge in [0.25, 0.3) is 0 Å². The summed E-state index contributed by atoms with van der Waals surface area (Å²) in [5.41, 5.74) is 6.17. The summed E-state index contributed by atoms with van der Waals surface area (Å²) in [6, 6.07) is 8.50. The van der Waals surface area contributed by atoms with E-state index in [1.807, 2.05) is 13.0 Å². The monoisotopic (exact) mass is 297 g/mol. The fourth-order valence-corrected chi connectivity index (χ4v) is 2.76. The molecular formula is C13H12ClNO3S. The number of carboxylic acid groups (broad SMARTS) is 1. The van der Waals surface area contributed by atoms with Crippen molar-refractivity contribution in [2.24, 2.45) is 0 Å². The number of anilines is 1. The predicted octanol–water partition coefficient (Wildman–Crippen LogP) is 4.07. The highest BCUT2D eigenvalue weighted by molar-refractivity contribution is 7.99. The number of benzene rings is 1. The van der Waals surface area contributed by atoms with Crippen LogP contribution in [0.1, 0.15) is 28.5 Å². The van der Waals surface area contributed by atoms with Crippen molar-refractivity contribution < 1.29 is 14.3 Å². The number of aromatic carboxylic acids is 1. The van der Waals surface area contributed by atoms with Gasteiger partial charge in [0, 0.05) is 4.90 Å². The molecule has 6 heteroatoms. The number of halogens is 1. The number of nitrogens with two attached hydrogens (primary N) is 1. The van der Waals surface area contributed by atoms with Crippen LogP contribution in [-0.2, 0) is 0 Å². The van der Waals surface area contributed by atoms with E-state index in [-0.39, 0.29) is 11.0 Å². The van der Waals surface area contributed by atoms with E-state index >= 15 is 0 Å². The van der Waals surface area contributed by atoms with Gasteiger partial charge in [0.05, 0.1) is 16.0 Å². The molecule has 0 bridgehead atoms. The van der Waals surface area contributed by atoms with Crippen molar-refractivity contribution in [3.8, 4) is 0 Å². The van der Waals surface area contributed by atoms with Gasteiger partial charge in [-0.15, -0.1) is 11.8 Å². The fourth-order valence-electron chi connectivity index (χ4n) is 1.53. The quantitative estimate of drug-likeness (QED) is 0.657. The number of hydrogen-bond acceptors (Lipinski definition) is 4. The summed E-state index contributed by atoms with van der Waals surface area (Å²) in [6.45, 7) is 1.93. The third-order valence-corrected chi connectivity index (χ3v) is 3.96. The summed E-state index contributed by atoms with van der Waals surface area (Å²) in [4.78, 5) is 11.7. The zero-order valence-corrected chi connectivity index (χ0v) is 11.7. The summed E-state index contributed by atoms with van der Waals surface area (Å²) in [5, 5.41) is 9.29. The lowest BCUT2D eigenvalue weighted by Gasteiger charge is -2.09. The Hall–Kier alpha value is -1.59. The standard InChI is InChI=1S/C13H12ClNO3S/c1-7(11-4-5-12(18-11)13(16)17)19-8-2-3-10(15)9(14)6-8/h2-7H,15H2,1H3,(H,16,17). The topological polar surface area (TPSA) is 76.5 Å². The molecule has 1 unspecified atom stereocenters.